The minimum atomic E-state index is 0.0592. The fourth-order valence-corrected chi connectivity index (χ4v) is 3.92. The van der Waals surface area contributed by atoms with Crippen molar-refractivity contribution in [3.05, 3.63) is 54.1 Å². The number of methoxy groups -OCH3 is 1. The maximum Gasteiger partial charge on any atom is 0.159 e. The van der Waals surface area contributed by atoms with Gasteiger partial charge < -0.3 is 9.47 Å². The number of ketones is 1. The Kier molecular flexibility index (Phi) is 8.53. The summed E-state index contributed by atoms with van der Waals surface area (Å²) in [4.78, 5) is 11.4. The maximum atomic E-state index is 11.4. The molecule has 3 rings (SSSR count). The monoisotopic (exact) mass is 424 g/mol. The summed E-state index contributed by atoms with van der Waals surface area (Å²) in [6.45, 7) is 3.16. The standard InChI is InChI=1S/C24H28N2O3S/c1-18(27)19-8-10-20(11-9-19)23-25-26-24(30-23)21-12-14-22(15-13-21)29-17-7-5-3-4-6-16-28-2/h8-15H,3-7,16-17H2,1-2H3. The quantitative estimate of drug-likeness (QED) is 0.262. The van der Waals surface area contributed by atoms with Crippen LogP contribution in [0.3, 0.4) is 0 Å². The molecule has 0 fully saturated rings. The molecule has 158 valence electrons. The maximum absolute atomic E-state index is 11.4. The molecule has 0 spiro atoms. The third-order valence-electron chi connectivity index (χ3n) is 4.83. The van der Waals surface area contributed by atoms with Crippen molar-refractivity contribution in [2.75, 3.05) is 20.3 Å². The van der Waals surface area contributed by atoms with Crippen molar-refractivity contribution >= 4 is 17.1 Å². The molecule has 0 radical (unpaired) electrons. The van der Waals surface area contributed by atoms with Crippen molar-refractivity contribution in [2.24, 2.45) is 0 Å². The van der Waals surface area contributed by atoms with E-state index < -0.39 is 0 Å². The van der Waals surface area contributed by atoms with Gasteiger partial charge in [0.2, 0.25) is 0 Å². The molecule has 6 heteroatoms. The van der Waals surface area contributed by atoms with Crippen molar-refractivity contribution < 1.29 is 14.3 Å². The molecule has 2 aromatic carbocycles. The van der Waals surface area contributed by atoms with Gasteiger partial charge in [-0.15, -0.1) is 10.2 Å². The lowest BCUT2D eigenvalue weighted by molar-refractivity contribution is 0.101. The molecule has 0 bridgehead atoms. The first-order valence-electron chi connectivity index (χ1n) is 10.3. The summed E-state index contributed by atoms with van der Waals surface area (Å²) in [5.74, 6) is 0.937. The zero-order valence-corrected chi connectivity index (χ0v) is 18.4. The molecule has 0 aliphatic carbocycles. The minimum absolute atomic E-state index is 0.0592. The highest BCUT2D eigenvalue weighted by molar-refractivity contribution is 7.17. The summed E-state index contributed by atoms with van der Waals surface area (Å²) in [5, 5.41) is 10.3. The third-order valence-corrected chi connectivity index (χ3v) is 5.85. The number of ether oxygens (including phenoxy) is 2. The highest BCUT2D eigenvalue weighted by Crippen LogP contribution is 2.31. The Labute approximate surface area is 182 Å². The first-order valence-corrected chi connectivity index (χ1v) is 11.2. The van der Waals surface area contributed by atoms with E-state index in [2.05, 4.69) is 10.2 Å². The summed E-state index contributed by atoms with van der Waals surface area (Å²) >= 11 is 1.53. The molecule has 0 saturated carbocycles. The molecule has 1 aromatic heterocycles. The summed E-state index contributed by atoms with van der Waals surface area (Å²) < 4.78 is 10.9. The van der Waals surface area contributed by atoms with Crippen LogP contribution in [0.2, 0.25) is 0 Å². The zero-order valence-electron chi connectivity index (χ0n) is 17.6. The SMILES string of the molecule is COCCCCCCCOc1ccc(-c2nnc(-c3ccc(C(C)=O)cc3)s2)cc1. The van der Waals surface area contributed by atoms with Gasteiger partial charge in [0, 0.05) is 30.4 Å². The molecule has 30 heavy (non-hydrogen) atoms. The van der Waals surface area contributed by atoms with Gasteiger partial charge in [0.15, 0.2) is 5.78 Å². The molecule has 1 heterocycles. The fraction of sp³-hybridized carbons (Fsp3) is 0.375. The van der Waals surface area contributed by atoms with E-state index in [1.165, 1.54) is 30.6 Å². The molecule has 0 N–H and O–H groups in total. The largest absolute Gasteiger partial charge is 0.494 e. The van der Waals surface area contributed by atoms with Gasteiger partial charge in [-0.05, 0) is 44.0 Å². The van der Waals surface area contributed by atoms with E-state index in [-0.39, 0.29) is 5.78 Å². The van der Waals surface area contributed by atoms with Crippen LogP contribution in [0, 0.1) is 0 Å². The van der Waals surface area contributed by atoms with E-state index >= 15 is 0 Å². The Morgan fingerprint density at radius 3 is 1.90 bits per heavy atom. The van der Waals surface area contributed by atoms with Crippen LogP contribution >= 0.6 is 11.3 Å². The lowest BCUT2D eigenvalue weighted by Crippen LogP contribution is -1.97. The van der Waals surface area contributed by atoms with Gasteiger partial charge in [-0.2, -0.15) is 0 Å². The molecule has 0 unspecified atom stereocenters. The molecular formula is C24H28N2O3S. The topological polar surface area (TPSA) is 61.3 Å². The Morgan fingerprint density at radius 1 is 0.800 bits per heavy atom. The van der Waals surface area contributed by atoms with E-state index in [9.17, 15) is 4.79 Å². The molecule has 0 aliphatic heterocycles. The van der Waals surface area contributed by atoms with Crippen LogP contribution in [0.25, 0.3) is 21.1 Å². The summed E-state index contributed by atoms with van der Waals surface area (Å²) in [5.41, 5.74) is 2.68. The number of carbonyl (C=O) groups excluding carboxylic acids is 1. The van der Waals surface area contributed by atoms with Gasteiger partial charge in [-0.1, -0.05) is 54.9 Å². The number of aromatic nitrogens is 2. The smallest absolute Gasteiger partial charge is 0.159 e. The highest BCUT2D eigenvalue weighted by Gasteiger charge is 2.09. The van der Waals surface area contributed by atoms with Crippen LogP contribution in [0.1, 0.15) is 49.4 Å². The summed E-state index contributed by atoms with van der Waals surface area (Å²) in [6.07, 6.45) is 5.82. The average Bonchev–Trinajstić information content (AvgIpc) is 3.26. The van der Waals surface area contributed by atoms with E-state index in [1.54, 1.807) is 14.0 Å². The Bertz CT molecular complexity index is 920. The van der Waals surface area contributed by atoms with Gasteiger partial charge in [0.25, 0.3) is 0 Å². The predicted octanol–water partition coefficient (Wildman–Crippen LogP) is 6.05. The summed E-state index contributed by atoms with van der Waals surface area (Å²) in [6, 6.07) is 15.5. The number of hydrogen-bond donors (Lipinski definition) is 0. The van der Waals surface area contributed by atoms with Crippen LogP contribution in [0.4, 0.5) is 0 Å². The Hall–Kier alpha value is -2.57. The lowest BCUT2D eigenvalue weighted by atomic mass is 10.1. The van der Waals surface area contributed by atoms with E-state index in [1.807, 2.05) is 48.5 Å². The van der Waals surface area contributed by atoms with Crippen molar-refractivity contribution in [1.82, 2.24) is 10.2 Å². The first kappa shape index (κ1) is 22.1. The number of unbranched alkanes of at least 4 members (excludes halogenated alkanes) is 4. The van der Waals surface area contributed by atoms with Crippen molar-refractivity contribution in [3.8, 4) is 26.9 Å². The number of carbonyl (C=O) groups is 1. The highest BCUT2D eigenvalue weighted by atomic mass is 32.1. The number of Topliss-reactive ketones (excluding diaryl/α,β-unsaturated/α-hetero) is 1. The average molecular weight is 425 g/mol. The predicted molar refractivity (Wildman–Crippen MR) is 121 cm³/mol. The number of benzene rings is 2. The normalized spacial score (nSPS) is 10.9. The molecule has 0 aliphatic rings. The van der Waals surface area contributed by atoms with Gasteiger partial charge in [-0.25, -0.2) is 0 Å². The number of hydrogen-bond acceptors (Lipinski definition) is 6. The van der Waals surface area contributed by atoms with Crippen molar-refractivity contribution in [2.45, 2.75) is 39.0 Å². The van der Waals surface area contributed by atoms with Gasteiger partial charge in [0.05, 0.1) is 6.61 Å². The molecule has 5 nitrogen and oxygen atoms in total. The number of nitrogens with zero attached hydrogens (tertiary/aromatic N) is 2. The Morgan fingerprint density at radius 2 is 1.33 bits per heavy atom. The van der Waals surface area contributed by atoms with Gasteiger partial charge in [-0.3, -0.25) is 4.79 Å². The number of rotatable bonds is 12. The van der Waals surface area contributed by atoms with Gasteiger partial charge >= 0.3 is 0 Å². The molecular weight excluding hydrogens is 396 g/mol. The second-order valence-corrected chi connectivity index (χ2v) is 8.16. The first-order chi connectivity index (χ1) is 14.7. The molecule has 3 aromatic rings. The second-order valence-electron chi connectivity index (χ2n) is 7.18. The zero-order chi connectivity index (χ0) is 21.2. The Balaban J connectivity index is 1.49. The van der Waals surface area contributed by atoms with Crippen LogP contribution in [0.5, 0.6) is 5.75 Å². The van der Waals surface area contributed by atoms with Crippen LogP contribution in [0.15, 0.2) is 48.5 Å². The molecule has 0 amide bonds. The van der Waals surface area contributed by atoms with E-state index in [4.69, 9.17) is 9.47 Å². The minimum Gasteiger partial charge on any atom is -0.494 e. The molecule has 0 saturated heterocycles. The van der Waals surface area contributed by atoms with Crippen LogP contribution in [-0.4, -0.2) is 36.3 Å². The van der Waals surface area contributed by atoms with E-state index in [0.717, 1.165) is 52.9 Å². The molecule has 0 atom stereocenters. The third kappa shape index (κ3) is 6.47. The second kappa shape index (κ2) is 11.6. The van der Waals surface area contributed by atoms with Gasteiger partial charge in [0.1, 0.15) is 15.8 Å². The summed E-state index contributed by atoms with van der Waals surface area (Å²) in [7, 11) is 1.75. The fourth-order valence-electron chi connectivity index (χ4n) is 3.07. The van der Waals surface area contributed by atoms with Crippen molar-refractivity contribution in [1.29, 1.82) is 0 Å². The van der Waals surface area contributed by atoms with Crippen LogP contribution < -0.4 is 4.74 Å². The van der Waals surface area contributed by atoms with E-state index in [0.29, 0.717) is 5.56 Å². The van der Waals surface area contributed by atoms with Crippen LogP contribution in [-0.2, 0) is 4.74 Å². The van der Waals surface area contributed by atoms with Crippen molar-refractivity contribution in [3.63, 3.8) is 0 Å². The lowest BCUT2D eigenvalue weighted by Gasteiger charge is -2.06.